The molecule has 1 fully saturated rings. The van der Waals surface area contributed by atoms with E-state index in [0.29, 0.717) is 5.92 Å². The molecule has 1 atom stereocenters. The molecule has 0 radical (unpaired) electrons. The Balaban J connectivity index is 1.91. The number of aryl methyl sites for hydroxylation is 2. The van der Waals surface area contributed by atoms with E-state index >= 15 is 0 Å². The van der Waals surface area contributed by atoms with E-state index in [1.165, 1.54) is 12.8 Å². The molecule has 1 aliphatic rings. The highest BCUT2D eigenvalue weighted by Crippen LogP contribution is 2.35. The predicted molar refractivity (Wildman–Crippen MR) is 62.4 cm³/mol. The minimum absolute atomic E-state index is 0.237. The lowest BCUT2D eigenvalue weighted by atomic mass is 10.3. The van der Waals surface area contributed by atoms with E-state index < -0.39 is 0 Å². The van der Waals surface area contributed by atoms with Gasteiger partial charge in [0.1, 0.15) is 11.6 Å². The summed E-state index contributed by atoms with van der Waals surface area (Å²) in [5.41, 5.74) is 0.988. The van der Waals surface area contributed by atoms with Gasteiger partial charge in [0.05, 0.1) is 5.38 Å². The fourth-order valence-electron chi connectivity index (χ4n) is 1.63. The Kier molecular flexibility index (Phi) is 3.10. The Labute approximate surface area is 95.3 Å². The topological polar surface area (TPSA) is 37.8 Å². The molecule has 0 saturated heterocycles. The minimum Gasteiger partial charge on any atom is -0.368 e. The molecule has 0 amide bonds. The number of nitrogens with zero attached hydrogens (tertiary/aromatic N) is 2. The fraction of sp³-hybridized carbons (Fsp3) is 0.636. The van der Waals surface area contributed by atoms with Crippen molar-refractivity contribution in [3.63, 3.8) is 0 Å². The molecule has 0 aliphatic heterocycles. The van der Waals surface area contributed by atoms with Gasteiger partial charge < -0.3 is 5.32 Å². The van der Waals surface area contributed by atoms with Crippen LogP contribution in [0.5, 0.6) is 0 Å². The lowest BCUT2D eigenvalue weighted by Gasteiger charge is -2.10. The third kappa shape index (κ3) is 3.06. The van der Waals surface area contributed by atoms with Crippen molar-refractivity contribution in [1.29, 1.82) is 0 Å². The van der Waals surface area contributed by atoms with Crippen LogP contribution in [0.15, 0.2) is 6.07 Å². The molecular weight excluding hydrogens is 210 g/mol. The number of alkyl halides is 1. The molecule has 1 unspecified atom stereocenters. The Hall–Kier alpha value is -0.830. The van der Waals surface area contributed by atoms with Gasteiger partial charge in [-0.1, -0.05) is 0 Å². The van der Waals surface area contributed by atoms with E-state index in [9.17, 15) is 0 Å². The molecule has 0 spiro atoms. The van der Waals surface area contributed by atoms with Crippen molar-refractivity contribution < 1.29 is 0 Å². The first-order chi connectivity index (χ1) is 7.15. The van der Waals surface area contributed by atoms with Gasteiger partial charge in [-0.2, -0.15) is 0 Å². The summed E-state index contributed by atoms with van der Waals surface area (Å²) >= 11 is 6.20. The quantitative estimate of drug-likeness (QED) is 0.801. The summed E-state index contributed by atoms with van der Waals surface area (Å²) in [5, 5.41) is 3.50. The Bertz CT molecular complexity index is 329. The van der Waals surface area contributed by atoms with Crippen LogP contribution in [0.2, 0.25) is 0 Å². The van der Waals surface area contributed by atoms with Crippen LogP contribution in [-0.2, 0) is 0 Å². The van der Waals surface area contributed by atoms with Crippen molar-refractivity contribution >= 4 is 17.4 Å². The van der Waals surface area contributed by atoms with Crippen molar-refractivity contribution in [2.24, 2.45) is 5.92 Å². The van der Waals surface area contributed by atoms with Crippen LogP contribution in [0.1, 0.15) is 24.4 Å². The zero-order valence-corrected chi connectivity index (χ0v) is 9.88. The van der Waals surface area contributed by atoms with Gasteiger partial charge in [-0.25, -0.2) is 9.97 Å². The van der Waals surface area contributed by atoms with Crippen LogP contribution in [-0.4, -0.2) is 21.9 Å². The lowest BCUT2D eigenvalue weighted by molar-refractivity contribution is 0.767. The number of aromatic nitrogens is 2. The van der Waals surface area contributed by atoms with Crippen LogP contribution in [0.4, 0.5) is 5.82 Å². The summed E-state index contributed by atoms with van der Waals surface area (Å²) in [6, 6.07) is 1.95. The monoisotopic (exact) mass is 225 g/mol. The van der Waals surface area contributed by atoms with Gasteiger partial charge in [-0.3, -0.25) is 0 Å². The van der Waals surface area contributed by atoms with Gasteiger partial charge >= 0.3 is 0 Å². The average molecular weight is 226 g/mol. The Morgan fingerprint density at radius 2 is 2.20 bits per heavy atom. The van der Waals surface area contributed by atoms with Crippen molar-refractivity contribution in [2.45, 2.75) is 32.1 Å². The van der Waals surface area contributed by atoms with Crippen molar-refractivity contribution in [2.75, 3.05) is 11.9 Å². The first kappa shape index (κ1) is 10.7. The van der Waals surface area contributed by atoms with Crippen LogP contribution in [0, 0.1) is 19.8 Å². The summed E-state index contributed by atoms with van der Waals surface area (Å²) in [5.74, 6) is 2.39. The minimum atomic E-state index is 0.237. The molecule has 1 aliphatic carbocycles. The van der Waals surface area contributed by atoms with Crippen LogP contribution < -0.4 is 5.32 Å². The van der Waals surface area contributed by atoms with Gasteiger partial charge in [0, 0.05) is 18.3 Å². The number of nitrogens with one attached hydrogen (secondary N) is 1. The number of hydrogen-bond acceptors (Lipinski definition) is 3. The number of hydrogen-bond donors (Lipinski definition) is 1. The van der Waals surface area contributed by atoms with E-state index in [1.54, 1.807) is 0 Å². The standard InChI is InChI=1S/C11H16ClN3/c1-7-5-11(15-8(2)14-7)13-6-10(12)9-3-4-9/h5,9-10H,3-4,6H2,1-2H3,(H,13,14,15). The van der Waals surface area contributed by atoms with E-state index in [2.05, 4.69) is 15.3 Å². The summed E-state index contributed by atoms with van der Waals surface area (Å²) < 4.78 is 0. The highest BCUT2D eigenvalue weighted by Gasteiger charge is 2.29. The highest BCUT2D eigenvalue weighted by molar-refractivity contribution is 6.21. The molecule has 15 heavy (non-hydrogen) atoms. The van der Waals surface area contributed by atoms with E-state index in [4.69, 9.17) is 11.6 Å². The maximum atomic E-state index is 6.20. The smallest absolute Gasteiger partial charge is 0.129 e. The van der Waals surface area contributed by atoms with Crippen LogP contribution >= 0.6 is 11.6 Å². The number of halogens is 1. The Morgan fingerprint density at radius 1 is 1.47 bits per heavy atom. The lowest BCUT2D eigenvalue weighted by Crippen LogP contribution is -2.17. The fourth-order valence-corrected chi connectivity index (χ4v) is 1.96. The second-order valence-electron chi connectivity index (χ2n) is 4.18. The van der Waals surface area contributed by atoms with Crippen molar-refractivity contribution in [3.05, 3.63) is 17.6 Å². The molecule has 1 saturated carbocycles. The molecular formula is C11H16ClN3. The van der Waals surface area contributed by atoms with E-state index in [0.717, 1.165) is 23.9 Å². The maximum absolute atomic E-state index is 6.20. The van der Waals surface area contributed by atoms with Gasteiger partial charge in [0.15, 0.2) is 0 Å². The average Bonchev–Trinajstić information content (AvgIpc) is 2.95. The van der Waals surface area contributed by atoms with Crippen LogP contribution in [0.25, 0.3) is 0 Å². The molecule has 2 rings (SSSR count). The SMILES string of the molecule is Cc1cc(NCC(Cl)C2CC2)nc(C)n1. The summed E-state index contributed by atoms with van der Waals surface area (Å²) in [4.78, 5) is 8.53. The van der Waals surface area contributed by atoms with Gasteiger partial charge in [-0.15, -0.1) is 11.6 Å². The summed E-state index contributed by atoms with van der Waals surface area (Å²) in [6.07, 6.45) is 2.55. The zero-order chi connectivity index (χ0) is 10.8. The molecule has 1 N–H and O–H groups in total. The van der Waals surface area contributed by atoms with Gasteiger partial charge in [0.2, 0.25) is 0 Å². The second kappa shape index (κ2) is 4.35. The molecule has 0 aromatic carbocycles. The molecule has 1 heterocycles. The first-order valence-corrected chi connectivity index (χ1v) is 5.79. The number of anilines is 1. The molecule has 1 aromatic heterocycles. The predicted octanol–water partition coefficient (Wildman–Crippen LogP) is 2.52. The van der Waals surface area contributed by atoms with Crippen LogP contribution in [0.3, 0.4) is 0 Å². The highest BCUT2D eigenvalue weighted by atomic mass is 35.5. The second-order valence-corrected chi connectivity index (χ2v) is 4.74. The molecule has 1 aromatic rings. The van der Waals surface area contributed by atoms with E-state index in [-0.39, 0.29) is 5.38 Å². The van der Waals surface area contributed by atoms with Gasteiger partial charge in [-0.05, 0) is 32.6 Å². The molecule has 4 heteroatoms. The zero-order valence-electron chi connectivity index (χ0n) is 9.13. The van der Waals surface area contributed by atoms with Gasteiger partial charge in [0.25, 0.3) is 0 Å². The summed E-state index contributed by atoms with van der Waals surface area (Å²) in [7, 11) is 0. The molecule has 82 valence electrons. The number of rotatable bonds is 4. The third-order valence-corrected chi connectivity index (χ3v) is 3.09. The van der Waals surface area contributed by atoms with E-state index in [1.807, 2.05) is 19.9 Å². The normalized spacial score (nSPS) is 17.5. The largest absolute Gasteiger partial charge is 0.368 e. The van der Waals surface area contributed by atoms with Crippen molar-refractivity contribution in [1.82, 2.24) is 9.97 Å². The van der Waals surface area contributed by atoms with Crippen molar-refractivity contribution in [3.8, 4) is 0 Å². The maximum Gasteiger partial charge on any atom is 0.129 e. The third-order valence-electron chi connectivity index (χ3n) is 2.58. The first-order valence-electron chi connectivity index (χ1n) is 5.35. The Morgan fingerprint density at radius 3 is 2.80 bits per heavy atom. The summed E-state index contributed by atoms with van der Waals surface area (Å²) in [6.45, 7) is 4.66. The molecule has 0 bridgehead atoms. The molecule has 3 nitrogen and oxygen atoms in total.